The lowest BCUT2D eigenvalue weighted by Gasteiger charge is -2.31. The van der Waals surface area contributed by atoms with E-state index in [0.717, 1.165) is 0 Å². The van der Waals surface area contributed by atoms with Gasteiger partial charge in [0, 0.05) is 30.8 Å². The van der Waals surface area contributed by atoms with Crippen LogP contribution in [0.25, 0.3) is 0 Å². The number of methoxy groups -OCH3 is 2. The first-order chi connectivity index (χ1) is 14.9. The van der Waals surface area contributed by atoms with Gasteiger partial charge >= 0.3 is 0 Å². The Morgan fingerprint density at radius 3 is 2.10 bits per heavy atom. The Labute approximate surface area is 183 Å². The maximum Gasteiger partial charge on any atom is 0.251 e. The predicted molar refractivity (Wildman–Crippen MR) is 116 cm³/mol. The predicted octanol–water partition coefficient (Wildman–Crippen LogP) is 2.69. The molecule has 0 bridgehead atoms. The summed E-state index contributed by atoms with van der Waals surface area (Å²) in [4.78, 5) is 12.9. The number of amides is 1. The van der Waals surface area contributed by atoms with Gasteiger partial charge in [0.1, 0.15) is 17.2 Å². The molecule has 1 amide bonds. The van der Waals surface area contributed by atoms with Crippen LogP contribution in [0.4, 0.5) is 0 Å². The highest BCUT2D eigenvalue weighted by atomic mass is 32.2. The molecule has 1 aliphatic rings. The standard InChI is InChI=1S/C22H28N2O6S/c1-4-30-18-5-7-21(8-6-18)31(26,27)24-11-9-17(10-12-24)23-22(25)16-13-19(28-2)15-20(14-16)29-3/h5-8,13-15,17H,4,9-12H2,1-3H3,(H,23,25). The lowest BCUT2D eigenvalue weighted by molar-refractivity contribution is 0.0923. The Kier molecular flexibility index (Phi) is 7.40. The molecule has 3 rings (SSSR count). The largest absolute Gasteiger partial charge is 0.497 e. The van der Waals surface area contributed by atoms with E-state index in [1.54, 1.807) is 42.5 Å². The van der Waals surface area contributed by atoms with Gasteiger partial charge in [-0.25, -0.2) is 8.42 Å². The molecule has 0 spiro atoms. The molecule has 0 unspecified atom stereocenters. The summed E-state index contributed by atoms with van der Waals surface area (Å²) in [6.07, 6.45) is 1.06. The van der Waals surface area contributed by atoms with Crippen LogP contribution in [-0.2, 0) is 10.0 Å². The van der Waals surface area contributed by atoms with Crippen molar-refractivity contribution < 1.29 is 27.4 Å². The summed E-state index contributed by atoms with van der Waals surface area (Å²) in [7, 11) is -0.534. The van der Waals surface area contributed by atoms with E-state index in [0.29, 0.717) is 55.4 Å². The van der Waals surface area contributed by atoms with Gasteiger partial charge in [-0.15, -0.1) is 0 Å². The molecule has 0 atom stereocenters. The van der Waals surface area contributed by atoms with Gasteiger partial charge < -0.3 is 19.5 Å². The molecule has 0 aromatic heterocycles. The van der Waals surface area contributed by atoms with Crippen LogP contribution in [0.15, 0.2) is 47.4 Å². The minimum absolute atomic E-state index is 0.114. The second-order valence-electron chi connectivity index (χ2n) is 7.16. The molecule has 0 saturated carbocycles. The second-order valence-corrected chi connectivity index (χ2v) is 9.10. The summed E-state index contributed by atoms with van der Waals surface area (Å²) >= 11 is 0. The average molecular weight is 449 g/mol. The van der Waals surface area contributed by atoms with E-state index in [-0.39, 0.29) is 16.8 Å². The van der Waals surface area contributed by atoms with Crippen molar-refractivity contribution in [2.24, 2.45) is 0 Å². The molecule has 0 aliphatic carbocycles. The Morgan fingerprint density at radius 1 is 1.00 bits per heavy atom. The molecular formula is C22H28N2O6S. The van der Waals surface area contributed by atoms with E-state index >= 15 is 0 Å². The molecule has 0 radical (unpaired) electrons. The van der Waals surface area contributed by atoms with E-state index in [9.17, 15) is 13.2 Å². The zero-order valence-corrected chi connectivity index (χ0v) is 18.8. The van der Waals surface area contributed by atoms with Gasteiger partial charge in [0.2, 0.25) is 10.0 Å². The van der Waals surface area contributed by atoms with E-state index in [1.165, 1.54) is 18.5 Å². The number of nitrogens with one attached hydrogen (secondary N) is 1. The van der Waals surface area contributed by atoms with Gasteiger partial charge in [-0.3, -0.25) is 4.79 Å². The topological polar surface area (TPSA) is 94.2 Å². The van der Waals surface area contributed by atoms with E-state index in [1.807, 2.05) is 6.92 Å². The smallest absolute Gasteiger partial charge is 0.251 e. The Hall–Kier alpha value is -2.78. The van der Waals surface area contributed by atoms with Crippen LogP contribution in [0.1, 0.15) is 30.1 Å². The van der Waals surface area contributed by atoms with Crippen LogP contribution < -0.4 is 19.5 Å². The average Bonchev–Trinajstić information content (AvgIpc) is 2.79. The van der Waals surface area contributed by atoms with Crippen molar-refractivity contribution in [3.8, 4) is 17.2 Å². The number of carbonyl (C=O) groups excluding carboxylic acids is 1. The number of rotatable bonds is 8. The van der Waals surface area contributed by atoms with Crippen molar-refractivity contribution in [2.45, 2.75) is 30.7 Å². The van der Waals surface area contributed by atoms with Crippen LogP contribution in [-0.4, -0.2) is 58.6 Å². The van der Waals surface area contributed by atoms with Crippen molar-refractivity contribution in [2.75, 3.05) is 33.9 Å². The van der Waals surface area contributed by atoms with Crippen molar-refractivity contribution in [1.82, 2.24) is 9.62 Å². The highest BCUT2D eigenvalue weighted by Gasteiger charge is 2.30. The molecule has 1 saturated heterocycles. The maximum atomic E-state index is 12.9. The van der Waals surface area contributed by atoms with Crippen LogP contribution in [0, 0.1) is 0 Å². The molecule has 2 aromatic carbocycles. The third-order valence-corrected chi connectivity index (χ3v) is 7.09. The number of nitrogens with zero attached hydrogens (tertiary/aromatic N) is 1. The molecule has 1 fully saturated rings. The Bertz CT molecular complexity index is 977. The van der Waals surface area contributed by atoms with Crippen LogP contribution in [0.3, 0.4) is 0 Å². The van der Waals surface area contributed by atoms with Gasteiger partial charge in [-0.2, -0.15) is 4.31 Å². The monoisotopic (exact) mass is 448 g/mol. The SMILES string of the molecule is CCOc1ccc(S(=O)(=O)N2CCC(NC(=O)c3cc(OC)cc(OC)c3)CC2)cc1. The summed E-state index contributed by atoms with van der Waals surface area (Å²) in [6.45, 7) is 3.07. The first-order valence-electron chi connectivity index (χ1n) is 10.1. The Balaban J connectivity index is 1.61. The van der Waals surface area contributed by atoms with E-state index in [2.05, 4.69) is 5.32 Å². The van der Waals surface area contributed by atoms with Crippen molar-refractivity contribution in [1.29, 1.82) is 0 Å². The minimum Gasteiger partial charge on any atom is -0.497 e. The molecule has 9 heteroatoms. The van der Waals surface area contributed by atoms with Crippen LogP contribution in [0.5, 0.6) is 17.2 Å². The van der Waals surface area contributed by atoms with Gasteiger partial charge in [-0.05, 0) is 56.2 Å². The normalized spacial score (nSPS) is 15.3. The highest BCUT2D eigenvalue weighted by molar-refractivity contribution is 7.89. The number of benzene rings is 2. The minimum atomic E-state index is -3.58. The zero-order valence-electron chi connectivity index (χ0n) is 18.0. The van der Waals surface area contributed by atoms with E-state index < -0.39 is 10.0 Å². The second kappa shape index (κ2) is 10.0. The van der Waals surface area contributed by atoms with Gasteiger partial charge in [0.15, 0.2) is 0 Å². The number of sulfonamides is 1. The lowest BCUT2D eigenvalue weighted by Crippen LogP contribution is -2.46. The molecule has 1 heterocycles. The number of hydrogen-bond donors (Lipinski definition) is 1. The molecule has 2 aromatic rings. The molecule has 1 aliphatic heterocycles. The van der Waals surface area contributed by atoms with Crippen LogP contribution >= 0.6 is 0 Å². The summed E-state index contributed by atoms with van der Waals surface area (Å²) in [5.41, 5.74) is 0.431. The molecule has 8 nitrogen and oxygen atoms in total. The molecule has 31 heavy (non-hydrogen) atoms. The molecule has 168 valence electrons. The van der Waals surface area contributed by atoms with Gasteiger partial charge in [-0.1, -0.05) is 0 Å². The highest BCUT2D eigenvalue weighted by Crippen LogP contribution is 2.25. The third-order valence-electron chi connectivity index (χ3n) is 5.18. The maximum absolute atomic E-state index is 12.9. The number of piperidine rings is 1. The van der Waals surface area contributed by atoms with Crippen molar-refractivity contribution in [3.63, 3.8) is 0 Å². The number of hydrogen-bond acceptors (Lipinski definition) is 6. The fourth-order valence-corrected chi connectivity index (χ4v) is 4.94. The molecular weight excluding hydrogens is 420 g/mol. The summed E-state index contributed by atoms with van der Waals surface area (Å²) in [5.74, 6) is 1.45. The zero-order chi connectivity index (χ0) is 22.4. The van der Waals surface area contributed by atoms with Crippen molar-refractivity contribution >= 4 is 15.9 Å². The third kappa shape index (κ3) is 5.48. The Morgan fingerprint density at radius 2 is 1.58 bits per heavy atom. The van der Waals surface area contributed by atoms with Gasteiger partial charge in [0.05, 0.1) is 25.7 Å². The summed E-state index contributed by atoms with van der Waals surface area (Å²) in [6, 6.07) is 11.3. The number of ether oxygens (including phenoxy) is 3. The lowest BCUT2D eigenvalue weighted by atomic mass is 10.1. The van der Waals surface area contributed by atoms with E-state index in [4.69, 9.17) is 14.2 Å². The van der Waals surface area contributed by atoms with Crippen molar-refractivity contribution in [3.05, 3.63) is 48.0 Å². The summed E-state index contributed by atoms with van der Waals surface area (Å²) < 4.78 is 43.1. The first kappa shape index (κ1) is 22.9. The van der Waals surface area contributed by atoms with Gasteiger partial charge in [0.25, 0.3) is 5.91 Å². The summed E-state index contributed by atoms with van der Waals surface area (Å²) in [5, 5.41) is 2.98. The number of carbonyl (C=O) groups is 1. The first-order valence-corrected chi connectivity index (χ1v) is 11.6. The quantitative estimate of drug-likeness (QED) is 0.667. The fraction of sp³-hybridized carbons (Fsp3) is 0.409. The fourth-order valence-electron chi connectivity index (χ4n) is 3.47. The van der Waals surface area contributed by atoms with Crippen LogP contribution in [0.2, 0.25) is 0 Å². The molecule has 1 N–H and O–H groups in total.